The maximum Gasteiger partial charge on any atom is 0.331 e. The molecule has 0 aliphatic rings. The molecule has 0 aliphatic carbocycles. The Balaban J connectivity index is 1.50. The van der Waals surface area contributed by atoms with E-state index in [1.165, 1.54) is 13.0 Å². The topological polar surface area (TPSA) is 73.2 Å². The van der Waals surface area contributed by atoms with Crippen LogP contribution in [0.1, 0.15) is 23.6 Å². The predicted molar refractivity (Wildman–Crippen MR) is 112 cm³/mol. The Labute approximate surface area is 169 Å². The summed E-state index contributed by atoms with van der Waals surface area (Å²) in [6.07, 6.45) is 5.50. The molecule has 148 valence electrons. The molecule has 6 nitrogen and oxygen atoms in total. The summed E-state index contributed by atoms with van der Waals surface area (Å²) >= 11 is 0. The van der Waals surface area contributed by atoms with Gasteiger partial charge in [-0.25, -0.2) is 4.79 Å². The summed E-state index contributed by atoms with van der Waals surface area (Å²) in [6, 6.07) is 17.4. The lowest BCUT2D eigenvalue weighted by atomic mass is 10.2. The number of carbonyl (C=O) groups excluding carboxylic acids is 2. The molecule has 29 heavy (non-hydrogen) atoms. The van der Waals surface area contributed by atoms with Crippen LogP contribution in [0.3, 0.4) is 0 Å². The van der Waals surface area contributed by atoms with E-state index in [4.69, 9.17) is 4.74 Å². The highest BCUT2D eigenvalue weighted by Gasteiger charge is 2.16. The monoisotopic (exact) mass is 389 g/mol. The molecule has 0 saturated carbocycles. The first-order valence-electron chi connectivity index (χ1n) is 9.32. The summed E-state index contributed by atoms with van der Waals surface area (Å²) in [5.74, 6) is -0.973. The summed E-state index contributed by atoms with van der Waals surface area (Å²) in [4.78, 5) is 24.2. The average molecular weight is 389 g/mol. The van der Waals surface area contributed by atoms with E-state index in [1.54, 1.807) is 29.1 Å². The number of hydrogen-bond donors (Lipinski definition) is 1. The Morgan fingerprint density at radius 3 is 2.59 bits per heavy atom. The van der Waals surface area contributed by atoms with Gasteiger partial charge in [0.05, 0.1) is 12.7 Å². The van der Waals surface area contributed by atoms with E-state index < -0.39 is 12.1 Å². The largest absolute Gasteiger partial charge is 0.449 e. The molecule has 0 bridgehead atoms. The van der Waals surface area contributed by atoms with Crippen LogP contribution in [0.25, 0.3) is 6.08 Å². The number of hydrogen-bond acceptors (Lipinski definition) is 4. The number of amides is 1. The Bertz CT molecular complexity index is 992. The standard InChI is InChI=1S/C23H23N3O3/c1-17-8-11-21(12-9-17)25-23(28)18(2)29-22(27)13-10-20-14-24-26(16-20)15-19-6-4-3-5-7-19/h3-14,16,18H,15H2,1-2H3,(H,25,28)/b13-10+/t18-/m0/s1. The van der Waals surface area contributed by atoms with Gasteiger partial charge in [-0.05, 0) is 37.6 Å². The molecule has 0 fully saturated rings. The summed E-state index contributed by atoms with van der Waals surface area (Å²) in [5.41, 5.74) is 3.66. The van der Waals surface area contributed by atoms with Crippen LogP contribution in [-0.4, -0.2) is 27.8 Å². The number of carbonyl (C=O) groups is 2. The first kappa shape index (κ1) is 20.1. The van der Waals surface area contributed by atoms with Crippen LogP contribution in [-0.2, 0) is 20.9 Å². The second-order valence-corrected chi connectivity index (χ2v) is 6.72. The Hall–Kier alpha value is -3.67. The molecule has 3 rings (SSSR count). The molecular weight excluding hydrogens is 366 g/mol. The second-order valence-electron chi connectivity index (χ2n) is 6.72. The van der Waals surface area contributed by atoms with Gasteiger partial charge in [0.15, 0.2) is 6.10 Å². The van der Waals surface area contributed by atoms with Crippen molar-refractivity contribution in [3.05, 3.63) is 89.8 Å². The smallest absolute Gasteiger partial charge is 0.331 e. The van der Waals surface area contributed by atoms with Crippen molar-refractivity contribution in [2.45, 2.75) is 26.5 Å². The van der Waals surface area contributed by atoms with Crippen LogP contribution in [0.2, 0.25) is 0 Å². The molecule has 0 radical (unpaired) electrons. The van der Waals surface area contributed by atoms with E-state index in [1.807, 2.05) is 55.6 Å². The SMILES string of the molecule is Cc1ccc(NC(=O)[C@H](C)OC(=O)/C=C/c2cnn(Cc3ccccc3)c2)cc1. The molecule has 0 aliphatic heterocycles. The fraction of sp³-hybridized carbons (Fsp3) is 0.174. The molecule has 0 unspecified atom stereocenters. The first-order valence-corrected chi connectivity index (χ1v) is 9.32. The van der Waals surface area contributed by atoms with Crippen LogP contribution >= 0.6 is 0 Å². The Kier molecular flexibility index (Phi) is 6.58. The maximum absolute atomic E-state index is 12.2. The van der Waals surface area contributed by atoms with E-state index in [0.717, 1.165) is 16.7 Å². The van der Waals surface area contributed by atoms with E-state index in [0.29, 0.717) is 12.2 Å². The number of benzene rings is 2. The fourth-order valence-electron chi connectivity index (χ4n) is 2.63. The third kappa shape index (κ3) is 6.17. The van der Waals surface area contributed by atoms with Crippen molar-refractivity contribution in [3.8, 4) is 0 Å². The zero-order valence-corrected chi connectivity index (χ0v) is 16.4. The third-order valence-electron chi connectivity index (χ3n) is 4.23. The fourth-order valence-corrected chi connectivity index (χ4v) is 2.63. The molecule has 0 spiro atoms. The van der Waals surface area contributed by atoms with E-state index in [2.05, 4.69) is 10.4 Å². The molecule has 6 heteroatoms. The normalized spacial score (nSPS) is 11.9. The average Bonchev–Trinajstić information content (AvgIpc) is 3.16. The molecule has 1 aromatic heterocycles. The van der Waals surface area contributed by atoms with E-state index in [-0.39, 0.29) is 5.91 Å². The van der Waals surface area contributed by atoms with Crippen molar-refractivity contribution in [1.82, 2.24) is 9.78 Å². The minimum atomic E-state index is -0.908. The molecule has 3 aromatic rings. The molecule has 1 heterocycles. The summed E-state index contributed by atoms with van der Waals surface area (Å²) < 4.78 is 6.96. The van der Waals surface area contributed by atoms with E-state index in [9.17, 15) is 9.59 Å². The highest BCUT2D eigenvalue weighted by Crippen LogP contribution is 2.10. The van der Waals surface area contributed by atoms with Gasteiger partial charge in [0.2, 0.25) is 0 Å². The summed E-state index contributed by atoms with van der Waals surface area (Å²) in [5, 5.41) is 7.00. The van der Waals surface area contributed by atoms with E-state index >= 15 is 0 Å². The quantitative estimate of drug-likeness (QED) is 0.492. The highest BCUT2D eigenvalue weighted by atomic mass is 16.5. The number of rotatable bonds is 7. The maximum atomic E-state index is 12.2. The van der Waals surface area contributed by atoms with Gasteiger partial charge in [0, 0.05) is 23.5 Å². The molecule has 1 atom stereocenters. The van der Waals surface area contributed by atoms with Crippen molar-refractivity contribution in [1.29, 1.82) is 0 Å². The van der Waals surface area contributed by atoms with Gasteiger partial charge >= 0.3 is 5.97 Å². The number of nitrogens with zero attached hydrogens (tertiary/aromatic N) is 2. The van der Waals surface area contributed by atoms with Crippen molar-refractivity contribution in [3.63, 3.8) is 0 Å². The van der Waals surface area contributed by atoms with Crippen LogP contribution < -0.4 is 5.32 Å². The van der Waals surface area contributed by atoms with Crippen molar-refractivity contribution >= 4 is 23.6 Å². The molecule has 0 saturated heterocycles. The predicted octanol–water partition coefficient (Wildman–Crippen LogP) is 3.82. The van der Waals surface area contributed by atoms with Gasteiger partial charge in [-0.1, -0.05) is 48.0 Å². The van der Waals surface area contributed by atoms with Crippen molar-refractivity contribution in [2.75, 3.05) is 5.32 Å². The number of anilines is 1. The van der Waals surface area contributed by atoms with Gasteiger partial charge in [0.25, 0.3) is 5.91 Å². The molecular formula is C23H23N3O3. The highest BCUT2D eigenvalue weighted by molar-refractivity contribution is 5.96. The number of nitrogens with one attached hydrogen (secondary N) is 1. The lowest BCUT2D eigenvalue weighted by Gasteiger charge is -2.12. The van der Waals surface area contributed by atoms with Gasteiger partial charge < -0.3 is 10.1 Å². The Morgan fingerprint density at radius 1 is 1.14 bits per heavy atom. The van der Waals surface area contributed by atoms with Crippen LogP contribution in [0.4, 0.5) is 5.69 Å². The molecule has 1 amide bonds. The third-order valence-corrected chi connectivity index (χ3v) is 4.23. The number of aryl methyl sites for hydroxylation is 1. The first-order chi connectivity index (χ1) is 14.0. The van der Waals surface area contributed by atoms with Crippen molar-refractivity contribution in [2.24, 2.45) is 0 Å². The summed E-state index contributed by atoms with van der Waals surface area (Å²) in [7, 11) is 0. The van der Waals surface area contributed by atoms with Crippen LogP contribution in [0.5, 0.6) is 0 Å². The number of esters is 1. The number of aromatic nitrogens is 2. The minimum Gasteiger partial charge on any atom is -0.449 e. The minimum absolute atomic E-state index is 0.383. The van der Waals surface area contributed by atoms with Gasteiger partial charge in [-0.15, -0.1) is 0 Å². The van der Waals surface area contributed by atoms with Crippen LogP contribution in [0, 0.1) is 6.92 Å². The lowest BCUT2D eigenvalue weighted by molar-refractivity contribution is -0.148. The zero-order chi connectivity index (χ0) is 20.6. The second kappa shape index (κ2) is 9.50. The molecule has 1 N–H and O–H groups in total. The van der Waals surface area contributed by atoms with Gasteiger partial charge in [0.1, 0.15) is 0 Å². The Morgan fingerprint density at radius 2 is 1.86 bits per heavy atom. The van der Waals surface area contributed by atoms with Gasteiger partial charge in [-0.2, -0.15) is 5.10 Å². The summed E-state index contributed by atoms with van der Waals surface area (Å²) in [6.45, 7) is 4.15. The zero-order valence-electron chi connectivity index (χ0n) is 16.4. The van der Waals surface area contributed by atoms with Crippen molar-refractivity contribution < 1.29 is 14.3 Å². The van der Waals surface area contributed by atoms with Gasteiger partial charge in [-0.3, -0.25) is 9.48 Å². The number of ether oxygens (including phenoxy) is 1. The lowest BCUT2D eigenvalue weighted by Crippen LogP contribution is -2.29. The van der Waals surface area contributed by atoms with Crippen LogP contribution in [0.15, 0.2) is 73.1 Å². The molecule has 2 aromatic carbocycles.